The van der Waals surface area contributed by atoms with Gasteiger partial charge >= 0.3 is 0 Å². The highest BCUT2D eigenvalue weighted by atomic mass is 35.5. The van der Waals surface area contributed by atoms with Crippen molar-refractivity contribution in [3.63, 3.8) is 0 Å². The van der Waals surface area contributed by atoms with Crippen molar-refractivity contribution in [2.24, 2.45) is 0 Å². The lowest BCUT2D eigenvalue weighted by molar-refractivity contribution is -0.124. The average molecular weight is 437 g/mol. The van der Waals surface area contributed by atoms with Crippen molar-refractivity contribution in [2.45, 2.75) is 37.6 Å². The van der Waals surface area contributed by atoms with Crippen molar-refractivity contribution in [3.05, 3.63) is 58.6 Å². The van der Waals surface area contributed by atoms with Crippen LogP contribution in [0.1, 0.15) is 24.0 Å². The standard InChI is InChI=1S/C21H25ClN2O4S/c1-15-3-6-19(7-4-15)29(26,27)24-11-9-18(10-12-24)23-21(25)14-28-20-8-5-17(22)13-16(20)2/h3-8,13,18H,9-12,14H2,1-2H3,(H,23,25). The lowest BCUT2D eigenvalue weighted by atomic mass is 10.1. The predicted molar refractivity (Wildman–Crippen MR) is 113 cm³/mol. The Morgan fingerprint density at radius 2 is 1.79 bits per heavy atom. The summed E-state index contributed by atoms with van der Waals surface area (Å²) in [6.45, 7) is 4.44. The fourth-order valence-electron chi connectivity index (χ4n) is 3.29. The summed E-state index contributed by atoms with van der Waals surface area (Å²) in [6.07, 6.45) is 1.13. The number of carbonyl (C=O) groups is 1. The van der Waals surface area contributed by atoms with Crippen molar-refractivity contribution in [2.75, 3.05) is 19.7 Å². The second-order valence-corrected chi connectivity index (χ2v) is 9.63. The van der Waals surface area contributed by atoms with Crippen LogP contribution in [-0.4, -0.2) is 44.4 Å². The highest BCUT2D eigenvalue weighted by molar-refractivity contribution is 7.89. The van der Waals surface area contributed by atoms with Crippen molar-refractivity contribution >= 4 is 27.5 Å². The molecular weight excluding hydrogens is 412 g/mol. The quantitative estimate of drug-likeness (QED) is 0.753. The summed E-state index contributed by atoms with van der Waals surface area (Å²) >= 11 is 5.92. The summed E-state index contributed by atoms with van der Waals surface area (Å²) in [5.41, 5.74) is 1.88. The highest BCUT2D eigenvalue weighted by Crippen LogP contribution is 2.23. The molecule has 0 radical (unpaired) electrons. The molecule has 2 aromatic carbocycles. The smallest absolute Gasteiger partial charge is 0.258 e. The number of rotatable bonds is 6. The summed E-state index contributed by atoms with van der Waals surface area (Å²) < 4.78 is 32.5. The summed E-state index contributed by atoms with van der Waals surface area (Å²) in [6, 6.07) is 12.0. The molecule has 1 aliphatic rings. The van der Waals surface area contributed by atoms with Crippen molar-refractivity contribution in [1.29, 1.82) is 0 Å². The molecule has 0 aromatic heterocycles. The largest absolute Gasteiger partial charge is 0.484 e. The Balaban J connectivity index is 1.49. The van der Waals surface area contributed by atoms with Crippen molar-refractivity contribution in [1.82, 2.24) is 9.62 Å². The molecule has 2 aromatic rings. The van der Waals surface area contributed by atoms with Gasteiger partial charge in [-0.3, -0.25) is 4.79 Å². The summed E-state index contributed by atoms with van der Waals surface area (Å²) in [5.74, 6) is 0.391. The van der Waals surface area contributed by atoms with Crippen LogP contribution in [0.25, 0.3) is 0 Å². The van der Waals surface area contributed by atoms with Gasteiger partial charge in [-0.25, -0.2) is 8.42 Å². The molecule has 1 amide bonds. The molecule has 0 spiro atoms. The van der Waals surface area contributed by atoms with Gasteiger partial charge in [0.05, 0.1) is 4.90 Å². The number of nitrogens with one attached hydrogen (secondary N) is 1. The Labute approximate surface area is 176 Å². The van der Waals surface area contributed by atoms with E-state index < -0.39 is 10.0 Å². The number of aryl methyl sites for hydroxylation is 2. The number of hydrogen-bond acceptors (Lipinski definition) is 4. The third-order valence-corrected chi connectivity index (χ3v) is 7.12. The maximum Gasteiger partial charge on any atom is 0.258 e. The molecule has 1 aliphatic heterocycles. The summed E-state index contributed by atoms with van der Waals surface area (Å²) in [5, 5.41) is 3.54. The number of halogens is 1. The fourth-order valence-corrected chi connectivity index (χ4v) is 4.98. The average Bonchev–Trinajstić information content (AvgIpc) is 2.68. The van der Waals surface area contributed by atoms with Gasteiger partial charge in [0.25, 0.3) is 5.91 Å². The van der Waals surface area contributed by atoms with Crippen LogP contribution in [0, 0.1) is 13.8 Å². The minimum atomic E-state index is -3.50. The van der Waals surface area contributed by atoms with E-state index in [0.29, 0.717) is 41.6 Å². The zero-order chi connectivity index (χ0) is 21.0. The topological polar surface area (TPSA) is 75.7 Å². The Bertz CT molecular complexity index is 969. The normalized spacial score (nSPS) is 15.8. The Morgan fingerprint density at radius 3 is 2.41 bits per heavy atom. The minimum Gasteiger partial charge on any atom is -0.484 e. The number of carbonyl (C=O) groups excluding carboxylic acids is 1. The first-order chi connectivity index (χ1) is 13.8. The van der Waals surface area contributed by atoms with Gasteiger partial charge in [-0.15, -0.1) is 0 Å². The number of ether oxygens (including phenoxy) is 1. The van der Waals surface area contributed by atoms with Crippen LogP contribution in [0.3, 0.4) is 0 Å². The lowest BCUT2D eigenvalue weighted by Gasteiger charge is -2.31. The number of amides is 1. The SMILES string of the molecule is Cc1ccc(S(=O)(=O)N2CCC(NC(=O)COc3ccc(Cl)cc3C)CC2)cc1. The molecule has 1 N–H and O–H groups in total. The first-order valence-corrected chi connectivity index (χ1v) is 11.3. The minimum absolute atomic E-state index is 0.0677. The molecule has 1 heterocycles. The Morgan fingerprint density at radius 1 is 1.14 bits per heavy atom. The van der Waals surface area contributed by atoms with Gasteiger partial charge in [0.2, 0.25) is 10.0 Å². The van der Waals surface area contributed by atoms with E-state index in [9.17, 15) is 13.2 Å². The van der Waals surface area contributed by atoms with Crippen LogP contribution in [0.15, 0.2) is 47.4 Å². The highest BCUT2D eigenvalue weighted by Gasteiger charge is 2.29. The molecule has 0 unspecified atom stereocenters. The van der Waals surface area contributed by atoms with Gasteiger partial charge in [0.15, 0.2) is 6.61 Å². The molecule has 0 bridgehead atoms. The van der Waals surface area contributed by atoms with Crippen molar-refractivity contribution < 1.29 is 17.9 Å². The zero-order valence-corrected chi connectivity index (χ0v) is 18.1. The second-order valence-electron chi connectivity index (χ2n) is 7.26. The molecule has 0 aliphatic carbocycles. The van der Waals surface area contributed by atoms with Crippen LogP contribution < -0.4 is 10.1 Å². The number of piperidine rings is 1. The van der Waals surface area contributed by atoms with Crippen LogP contribution >= 0.6 is 11.6 Å². The van der Waals surface area contributed by atoms with Crippen LogP contribution in [0.5, 0.6) is 5.75 Å². The predicted octanol–water partition coefficient (Wildman–Crippen LogP) is 3.31. The second kappa shape index (κ2) is 9.15. The lowest BCUT2D eigenvalue weighted by Crippen LogP contribution is -2.47. The number of sulfonamides is 1. The van der Waals surface area contributed by atoms with E-state index in [1.807, 2.05) is 13.8 Å². The third kappa shape index (κ3) is 5.50. The van der Waals surface area contributed by atoms with Crippen LogP contribution in [0.4, 0.5) is 0 Å². The Kier molecular flexibility index (Phi) is 6.82. The van der Waals surface area contributed by atoms with E-state index >= 15 is 0 Å². The monoisotopic (exact) mass is 436 g/mol. The summed E-state index contributed by atoms with van der Waals surface area (Å²) in [7, 11) is -3.50. The van der Waals surface area contributed by atoms with E-state index in [1.54, 1.807) is 42.5 Å². The molecular formula is C21H25ClN2O4S. The Hall–Kier alpha value is -2.09. The fraction of sp³-hybridized carbons (Fsp3) is 0.381. The van der Waals surface area contributed by atoms with Gasteiger partial charge < -0.3 is 10.1 Å². The first kappa shape index (κ1) is 21.6. The van der Waals surface area contributed by atoms with Gasteiger partial charge in [-0.2, -0.15) is 4.31 Å². The van der Waals surface area contributed by atoms with E-state index in [-0.39, 0.29) is 18.6 Å². The number of benzene rings is 2. The molecule has 8 heteroatoms. The molecule has 3 rings (SSSR count). The maximum atomic E-state index is 12.8. The van der Waals surface area contributed by atoms with Gasteiger partial charge in [0, 0.05) is 24.2 Å². The van der Waals surface area contributed by atoms with E-state index in [2.05, 4.69) is 5.32 Å². The van der Waals surface area contributed by atoms with Crippen LogP contribution in [0.2, 0.25) is 5.02 Å². The zero-order valence-electron chi connectivity index (χ0n) is 16.5. The van der Waals surface area contributed by atoms with E-state index in [0.717, 1.165) is 11.1 Å². The van der Waals surface area contributed by atoms with Crippen molar-refractivity contribution in [3.8, 4) is 5.75 Å². The summed E-state index contributed by atoms with van der Waals surface area (Å²) in [4.78, 5) is 12.5. The molecule has 1 fully saturated rings. The van der Waals surface area contributed by atoms with Gasteiger partial charge in [-0.05, 0) is 62.6 Å². The number of nitrogens with zero attached hydrogens (tertiary/aromatic N) is 1. The maximum absolute atomic E-state index is 12.8. The van der Waals surface area contributed by atoms with Crippen LogP contribution in [-0.2, 0) is 14.8 Å². The number of hydrogen-bond donors (Lipinski definition) is 1. The first-order valence-electron chi connectivity index (χ1n) is 9.51. The van der Waals surface area contributed by atoms with E-state index in [4.69, 9.17) is 16.3 Å². The van der Waals surface area contributed by atoms with Gasteiger partial charge in [0.1, 0.15) is 5.75 Å². The molecule has 29 heavy (non-hydrogen) atoms. The van der Waals surface area contributed by atoms with Gasteiger partial charge in [-0.1, -0.05) is 29.3 Å². The molecule has 156 valence electrons. The molecule has 1 saturated heterocycles. The molecule has 6 nitrogen and oxygen atoms in total. The molecule has 0 atom stereocenters. The molecule has 0 saturated carbocycles. The third-order valence-electron chi connectivity index (χ3n) is 4.97. The van der Waals surface area contributed by atoms with E-state index in [1.165, 1.54) is 4.31 Å².